The first-order valence-corrected chi connectivity index (χ1v) is 10.4. The van der Waals surface area contributed by atoms with Crippen molar-refractivity contribution in [2.75, 3.05) is 14.2 Å². The van der Waals surface area contributed by atoms with Gasteiger partial charge in [-0.2, -0.15) is 5.01 Å². The Bertz CT molecular complexity index is 944. The van der Waals surface area contributed by atoms with Gasteiger partial charge in [0.1, 0.15) is 0 Å². The Morgan fingerprint density at radius 3 is 2.74 bits per heavy atom. The van der Waals surface area contributed by atoms with Crippen molar-refractivity contribution in [3.63, 3.8) is 0 Å². The summed E-state index contributed by atoms with van der Waals surface area (Å²) < 4.78 is 11.6. The first kappa shape index (κ1) is 19.9. The molecule has 0 saturated carbocycles. The van der Waals surface area contributed by atoms with Gasteiger partial charge in [0.25, 0.3) is 11.8 Å². The Kier molecular flexibility index (Phi) is 6.20. The lowest BCUT2D eigenvalue weighted by atomic mass is 10.2. The highest BCUT2D eigenvalue weighted by molar-refractivity contribution is 9.10. The third kappa shape index (κ3) is 4.18. The predicted octanol–water partition coefficient (Wildman–Crippen LogP) is 4.07. The average molecular weight is 485 g/mol. The van der Waals surface area contributed by atoms with E-state index >= 15 is 0 Å². The molecule has 0 aliphatic carbocycles. The number of benzene rings is 1. The molecule has 1 aliphatic rings. The number of ether oxygens (including phenoxy) is 2. The summed E-state index contributed by atoms with van der Waals surface area (Å²) in [6, 6.07) is 6.99. The van der Waals surface area contributed by atoms with E-state index in [4.69, 9.17) is 21.7 Å². The van der Waals surface area contributed by atoms with Gasteiger partial charge in [-0.05, 0) is 63.4 Å². The summed E-state index contributed by atoms with van der Waals surface area (Å²) in [7, 11) is 3.08. The summed E-state index contributed by atoms with van der Waals surface area (Å²) >= 11 is 11.1. The standard InChI is InChI=1S/C17H13BrN2O4S3/c1-23-11-7-9(6-10(18)14(11)24-2)8-13-16(22)20(17(25)27-13)19-15(21)12-4-3-5-26-12/h3-8H,1-2H3,(H,19,21)/b13-8+. The van der Waals surface area contributed by atoms with Crippen LogP contribution >= 0.6 is 51.2 Å². The van der Waals surface area contributed by atoms with E-state index in [0.717, 1.165) is 22.3 Å². The second-order valence-corrected chi connectivity index (χ2v) is 8.65. The number of nitrogens with one attached hydrogen (secondary N) is 1. The van der Waals surface area contributed by atoms with Crippen LogP contribution in [-0.2, 0) is 4.79 Å². The summed E-state index contributed by atoms with van der Waals surface area (Å²) in [6.07, 6.45) is 1.68. The predicted molar refractivity (Wildman–Crippen MR) is 114 cm³/mol. The Balaban J connectivity index is 1.84. The summed E-state index contributed by atoms with van der Waals surface area (Å²) in [5, 5.41) is 2.87. The molecule has 0 radical (unpaired) electrons. The number of thiocarbonyl (C=S) groups is 1. The largest absolute Gasteiger partial charge is 0.493 e. The van der Waals surface area contributed by atoms with Crippen LogP contribution in [0.25, 0.3) is 6.08 Å². The Morgan fingerprint density at radius 1 is 1.33 bits per heavy atom. The molecule has 27 heavy (non-hydrogen) atoms. The molecule has 3 rings (SSSR count). The van der Waals surface area contributed by atoms with Gasteiger partial charge in [-0.3, -0.25) is 15.0 Å². The van der Waals surface area contributed by atoms with Gasteiger partial charge >= 0.3 is 0 Å². The monoisotopic (exact) mass is 484 g/mol. The van der Waals surface area contributed by atoms with Gasteiger partial charge in [0.05, 0.1) is 28.5 Å². The molecular weight excluding hydrogens is 472 g/mol. The van der Waals surface area contributed by atoms with Gasteiger partial charge in [-0.15, -0.1) is 11.3 Å². The number of hydrogen-bond acceptors (Lipinski definition) is 7. The smallest absolute Gasteiger partial charge is 0.285 e. The molecule has 1 aromatic heterocycles. The Labute approximate surface area is 177 Å². The first-order chi connectivity index (χ1) is 12.9. The van der Waals surface area contributed by atoms with Gasteiger partial charge < -0.3 is 9.47 Å². The van der Waals surface area contributed by atoms with Crippen molar-refractivity contribution in [2.24, 2.45) is 0 Å². The summed E-state index contributed by atoms with van der Waals surface area (Å²) in [4.78, 5) is 25.7. The molecule has 10 heteroatoms. The van der Waals surface area contributed by atoms with Crippen LogP contribution in [0.4, 0.5) is 0 Å². The van der Waals surface area contributed by atoms with Crippen molar-refractivity contribution in [1.29, 1.82) is 0 Å². The molecule has 140 valence electrons. The molecule has 2 heterocycles. The number of carbonyl (C=O) groups excluding carboxylic acids is 2. The summed E-state index contributed by atoms with van der Waals surface area (Å²) in [6.45, 7) is 0. The van der Waals surface area contributed by atoms with E-state index in [-0.39, 0.29) is 16.1 Å². The summed E-state index contributed by atoms with van der Waals surface area (Å²) in [5.41, 5.74) is 3.27. The number of halogens is 1. The molecule has 2 aromatic rings. The van der Waals surface area contributed by atoms with E-state index in [1.54, 1.807) is 42.8 Å². The number of thioether (sulfide) groups is 1. The molecule has 0 spiro atoms. The van der Waals surface area contributed by atoms with E-state index in [1.807, 2.05) is 0 Å². The van der Waals surface area contributed by atoms with Crippen LogP contribution in [0.5, 0.6) is 11.5 Å². The van der Waals surface area contributed by atoms with Gasteiger partial charge in [-0.1, -0.05) is 17.8 Å². The van der Waals surface area contributed by atoms with E-state index in [2.05, 4.69) is 21.4 Å². The van der Waals surface area contributed by atoms with Crippen LogP contribution in [0.15, 0.2) is 39.0 Å². The maximum atomic E-state index is 12.7. The van der Waals surface area contributed by atoms with Gasteiger partial charge in [0.15, 0.2) is 15.8 Å². The minimum atomic E-state index is -0.388. The maximum Gasteiger partial charge on any atom is 0.285 e. The van der Waals surface area contributed by atoms with Crippen molar-refractivity contribution in [2.45, 2.75) is 0 Å². The van der Waals surface area contributed by atoms with E-state index in [9.17, 15) is 9.59 Å². The number of thiophene rings is 1. The Morgan fingerprint density at radius 2 is 2.11 bits per heavy atom. The topological polar surface area (TPSA) is 67.9 Å². The van der Waals surface area contributed by atoms with Crippen LogP contribution in [0.3, 0.4) is 0 Å². The lowest BCUT2D eigenvalue weighted by Gasteiger charge is -2.14. The number of methoxy groups -OCH3 is 2. The number of rotatable bonds is 5. The normalized spacial score (nSPS) is 15.4. The molecule has 1 N–H and O–H groups in total. The lowest BCUT2D eigenvalue weighted by molar-refractivity contribution is -0.123. The molecule has 1 fully saturated rings. The lowest BCUT2D eigenvalue weighted by Crippen LogP contribution is -2.44. The molecule has 0 bridgehead atoms. The number of nitrogens with zero attached hydrogens (tertiary/aromatic N) is 1. The second kappa shape index (κ2) is 8.42. The average Bonchev–Trinajstić information content (AvgIpc) is 3.26. The molecule has 2 amide bonds. The SMILES string of the molecule is COc1cc(/C=C2/SC(=S)N(NC(=O)c3cccs3)C2=O)cc(Br)c1OC. The number of hydrogen-bond donors (Lipinski definition) is 1. The quantitative estimate of drug-likeness (QED) is 0.509. The second-order valence-electron chi connectivity index (χ2n) is 5.17. The fourth-order valence-electron chi connectivity index (χ4n) is 2.30. The summed E-state index contributed by atoms with van der Waals surface area (Å²) in [5.74, 6) is 0.322. The zero-order valence-electron chi connectivity index (χ0n) is 14.1. The molecule has 6 nitrogen and oxygen atoms in total. The van der Waals surface area contributed by atoms with Crippen molar-refractivity contribution in [3.05, 3.63) is 49.5 Å². The third-order valence-corrected chi connectivity index (χ3v) is 6.27. The van der Waals surface area contributed by atoms with Crippen molar-refractivity contribution in [1.82, 2.24) is 10.4 Å². The highest BCUT2D eigenvalue weighted by Crippen LogP contribution is 2.38. The van der Waals surface area contributed by atoms with Crippen LogP contribution in [-0.4, -0.2) is 35.4 Å². The molecule has 0 unspecified atom stereocenters. The van der Waals surface area contributed by atoms with E-state index < -0.39 is 0 Å². The van der Waals surface area contributed by atoms with E-state index in [1.165, 1.54) is 18.4 Å². The fourth-order valence-corrected chi connectivity index (χ4v) is 4.72. The minimum Gasteiger partial charge on any atom is -0.493 e. The third-order valence-electron chi connectivity index (χ3n) is 3.51. The minimum absolute atomic E-state index is 0.260. The fraction of sp³-hybridized carbons (Fsp3) is 0.118. The van der Waals surface area contributed by atoms with Crippen molar-refractivity contribution < 1.29 is 19.1 Å². The number of carbonyl (C=O) groups is 2. The number of hydrazine groups is 1. The Hall–Kier alpha value is -1.88. The van der Waals surface area contributed by atoms with Crippen LogP contribution in [0.2, 0.25) is 0 Å². The molecule has 1 saturated heterocycles. The van der Waals surface area contributed by atoms with E-state index in [0.29, 0.717) is 25.8 Å². The van der Waals surface area contributed by atoms with Crippen LogP contribution in [0, 0.1) is 0 Å². The van der Waals surface area contributed by atoms with Crippen LogP contribution < -0.4 is 14.9 Å². The zero-order valence-corrected chi connectivity index (χ0v) is 18.2. The van der Waals surface area contributed by atoms with Crippen molar-refractivity contribution >= 4 is 73.5 Å². The highest BCUT2D eigenvalue weighted by Gasteiger charge is 2.34. The van der Waals surface area contributed by atoms with Crippen LogP contribution in [0.1, 0.15) is 15.2 Å². The maximum absolute atomic E-state index is 12.7. The highest BCUT2D eigenvalue weighted by atomic mass is 79.9. The van der Waals surface area contributed by atoms with Gasteiger partial charge in [0, 0.05) is 0 Å². The van der Waals surface area contributed by atoms with Gasteiger partial charge in [0.2, 0.25) is 0 Å². The molecule has 1 aromatic carbocycles. The molecular formula is C17H13BrN2O4S3. The van der Waals surface area contributed by atoms with Crippen molar-refractivity contribution in [3.8, 4) is 11.5 Å². The first-order valence-electron chi connectivity index (χ1n) is 7.48. The molecule has 0 atom stereocenters. The zero-order chi connectivity index (χ0) is 19.6. The molecule has 1 aliphatic heterocycles. The number of amides is 2. The van der Waals surface area contributed by atoms with Gasteiger partial charge in [-0.25, -0.2) is 0 Å².